The summed E-state index contributed by atoms with van der Waals surface area (Å²) in [6.07, 6.45) is 0.669. The highest BCUT2D eigenvalue weighted by Crippen LogP contribution is 2.30. The second-order valence-corrected chi connectivity index (χ2v) is 8.12. The molecule has 144 valence electrons. The van der Waals surface area contributed by atoms with Gasteiger partial charge in [-0.05, 0) is 30.5 Å². The molecule has 28 heavy (non-hydrogen) atoms. The van der Waals surface area contributed by atoms with Crippen molar-refractivity contribution >= 4 is 39.6 Å². The van der Waals surface area contributed by atoms with Crippen LogP contribution in [0.15, 0.2) is 41.1 Å². The fourth-order valence-corrected chi connectivity index (χ4v) is 4.74. The average molecular weight is 414 g/mol. The lowest BCUT2D eigenvalue weighted by molar-refractivity contribution is 0.0732. The molecular formula is C20H19N3O3S2. The summed E-state index contributed by atoms with van der Waals surface area (Å²) in [5.41, 5.74) is 2.15. The van der Waals surface area contributed by atoms with Crippen LogP contribution in [0.2, 0.25) is 0 Å². The van der Waals surface area contributed by atoms with Gasteiger partial charge in [0.25, 0.3) is 11.8 Å². The third kappa shape index (κ3) is 3.79. The maximum absolute atomic E-state index is 13.0. The molecular weight excluding hydrogens is 394 g/mol. The molecule has 3 aromatic rings. The third-order valence-corrected chi connectivity index (χ3v) is 6.12. The number of thiophene rings is 1. The van der Waals surface area contributed by atoms with E-state index in [-0.39, 0.29) is 11.8 Å². The number of carbonyl (C=O) groups excluding carboxylic acids is 2. The minimum atomic E-state index is -0.161. The Bertz CT molecular complexity index is 998. The van der Waals surface area contributed by atoms with Gasteiger partial charge in [0.1, 0.15) is 5.75 Å². The van der Waals surface area contributed by atoms with E-state index in [0.717, 1.165) is 10.6 Å². The maximum Gasteiger partial charge on any atom is 0.258 e. The Balaban J connectivity index is 1.48. The monoisotopic (exact) mass is 413 g/mol. The Hall–Kier alpha value is -2.71. The smallest absolute Gasteiger partial charge is 0.258 e. The lowest BCUT2D eigenvalue weighted by Gasteiger charge is -2.26. The second-order valence-electron chi connectivity index (χ2n) is 6.26. The van der Waals surface area contributed by atoms with Crippen LogP contribution in [0.25, 0.3) is 0 Å². The summed E-state index contributed by atoms with van der Waals surface area (Å²) in [6, 6.07) is 9.10. The molecule has 0 saturated carbocycles. The van der Waals surface area contributed by atoms with E-state index >= 15 is 0 Å². The molecule has 0 atom stereocenters. The molecule has 4 rings (SSSR count). The van der Waals surface area contributed by atoms with Gasteiger partial charge in [-0.3, -0.25) is 14.9 Å². The Morgan fingerprint density at radius 1 is 1.29 bits per heavy atom. The van der Waals surface area contributed by atoms with E-state index in [9.17, 15) is 9.59 Å². The fourth-order valence-electron chi connectivity index (χ4n) is 3.08. The van der Waals surface area contributed by atoms with Crippen LogP contribution < -0.4 is 10.1 Å². The number of fused-ring (bicyclic) bond motifs is 1. The number of thiazole rings is 1. The minimum absolute atomic E-state index is 0.0491. The number of hydrogen-bond acceptors (Lipinski definition) is 6. The summed E-state index contributed by atoms with van der Waals surface area (Å²) in [6.45, 7) is 3.49. The molecule has 1 N–H and O–H groups in total. The number of benzene rings is 1. The highest BCUT2D eigenvalue weighted by atomic mass is 32.1. The third-order valence-electron chi connectivity index (χ3n) is 4.44. The van der Waals surface area contributed by atoms with Crippen LogP contribution in [0, 0.1) is 0 Å². The first-order chi connectivity index (χ1) is 13.7. The molecule has 1 aromatic carbocycles. The van der Waals surface area contributed by atoms with Gasteiger partial charge in [0.15, 0.2) is 5.13 Å². The predicted octanol–water partition coefficient (Wildman–Crippen LogP) is 4.05. The van der Waals surface area contributed by atoms with Crippen LogP contribution in [-0.2, 0) is 13.0 Å². The number of anilines is 1. The number of amides is 2. The Morgan fingerprint density at radius 2 is 2.14 bits per heavy atom. The van der Waals surface area contributed by atoms with Crippen LogP contribution in [0.3, 0.4) is 0 Å². The summed E-state index contributed by atoms with van der Waals surface area (Å²) in [5, 5.41) is 7.10. The van der Waals surface area contributed by atoms with E-state index in [1.807, 2.05) is 35.4 Å². The van der Waals surface area contributed by atoms with Crippen molar-refractivity contribution in [3.05, 3.63) is 62.8 Å². The zero-order chi connectivity index (χ0) is 19.5. The van der Waals surface area contributed by atoms with E-state index in [1.165, 1.54) is 22.7 Å². The molecule has 0 aliphatic carbocycles. The van der Waals surface area contributed by atoms with E-state index in [2.05, 4.69) is 10.3 Å². The first-order valence-corrected chi connectivity index (χ1v) is 10.7. The van der Waals surface area contributed by atoms with Crippen molar-refractivity contribution in [1.82, 2.24) is 9.88 Å². The first kappa shape index (κ1) is 18.6. The van der Waals surface area contributed by atoms with Gasteiger partial charge in [0.2, 0.25) is 0 Å². The van der Waals surface area contributed by atoms with Gasteiger partial charge in [0, 0.05) is 23.2 Å². The molecule has 0 spiro atoms. The van der Waals surface area contributed by atoms with Crippen molar-refractivity contribution in [3.63, 3.8) is 0 Å². The van der Waals surface area contributed by atoms with Crippen molar-refractivity contribution in [3.8, 4) is 5.75 Å². The highest BCUT2D eigenvalue weighted by molar-refractivity contribution is 7.16. The average Bonchev–Trinajstić information content (AvgIpc) is 3.37. The van der Waals surface area contributed by atoms with Gasteiger partial charge in [-0.25, -0.2) is 4.98 Å². The van der Waals surface area contributed by atoms with E-state index in [1.54, 1.807) is 17.5 Å². The van der Waals surface area contributed by atoms with Gasteiger partial charge in [-0.1, -0.05) is 23.5 Å². The molecule has 0 fully saturated rings. The fraction of sp³-hybridized carbons (Fsp3) is 0.250. The van der Waals surface area contributed by atoms with E-state index in [4.69, 9.17) is 4.74 Å². The topological polar surface area (TPSA) is 71.5 Å². The quantitative estimate of drug-likeness (QED) is 0.685. The molecule has 8 heteroatoms. The summed E-state index contributed by atoms with van der Waals surface area (Å²) in [4.78, 5) is 32.6. The number of rotatable bonds is 5. The number of hydrogen-bond donors (Lipinski definition) is 1. The van der Waals surface area contributed by atoms with Crippen molar-refractivity contribution in [2.75, 3.05) is 18.5 Å². The van der Waals surface area contributed by atoms with E-state index < -0.39 is 0 Å². The molecule has 6 nitrogen and oxygen atoms in total. The lowest BCUT2D eigenvalue weighted by atomic mass is 10.1. The van der Waals surface area contributed by atoms with Gasteiger partial charge in [-0.15, -0.1) is 0 Å². The molecule has 1 aliphatic rings. The second kappa shape index (κ2) is 8.12. The number of carbonyl (C=O) groups is 2. The lowest BCUT2D eigenvalue weighted by Crippen LogP contribution is -2.35. The molecule has 0 radical (unpaired) electrons. The van der Waals surface area contributed by atoms with Crippen molar-refractivity contribution < 1.29 is 14.3 Å². The molecule has 0 unspecified atom stereocenters. The predicted molar refractivity (Wildman–Crippen MR) is 110 cm³/mol. The van der Waals surface area contributed by atoms with Crippen molar-refractivity contribution in [2.24, 2.45) is 0 Å². The first-order valence-electron chi connectivity index (χ1n) is 8.99. The number of nitrogens with zero attached hydrogens (tertiary/aromatic N) is 2. The minimum Gasteiger partial charge on any atom is -0.493 e. The van der Waals surface area contributed by atoms with Gasteiger partial charge >= 0.3 is 0 Å². The summed E-state index contributed by atoms with van der Waals surface area (Å²) in [7, 11) is 0. The number of nitrogens with one attached hydrogen (secondary N) is 1. The SMILES string of the molecule is CCOc1ccccc1C(=O)N1CCc2nc(NC(=O)c3ccsc3)sc2C1. The number of ether oxygens (including phenoxy) is 1. The number of aromatic nitrogens is 1. The van der Waals surface area contributed by atoms with Crippen LogP contribution in [0.1, 0.15) is 38.2 Å². The van der Waals surface area contributed by atoms with Gasteiger partial charge < -0.3 is 9.64 Å². The van der Waals surface area contributed by atoms with E-state index in [0.29, 0.717) is 48.1 Å². The van der Waals surface area contributed by atoms with Crippen LogP contribution >= 0.6 is 22.7 Å². The van der Waals surface area contributed by atoms with Crippen molar-refractivity contribution in [2.45, 2.75) is 19.9 Å². The molecule has 0 bridgehead atoms. The van der Waals surface area contributed by atoms with Gasteiger partial charge in [0.05, 0.1) is 30.0 Å². The Labute approximate surface area is 170 Å². The maximum atomic E-state index is 13.0. The molecule has 2 amide bonds. The largest absolute Gasteiger partial charge is 0.493 e. The number of para-hydroxylation sites is 1. The highest BCUT2D eigenvalue weighted by Gasteiger charge is 2.27. The molecule has 3 heterocycles. The zero-order valence-electron chi connectivity index (χ0n) is 15.3. The van der Waals surface area contributed by atoms with Gasteiger partial charge in [-0.2, -0.15) is 11.3 Å². The summed E-state index contributed by atoms with van der Waals surface area (Å²) >= 11 is 2.91. The van der Waals surface area contributed by atoms with Crippen LogP contribution in [0.5, 0.6) is 5.75 Å². The summed E-state index contributed by atoms with van der Waals surface area (Å²) in [5.74, 6) is 0.395. The zero-order valence-corrected chi connectivity index (χ0v) is 16.9. The Morgan fingerprint density at radius 3 is 2.93 bits per heavy atom. The Kier molecular flexibility index (Phi) is 5.40. The molecule has 0 saturated heterocycles. The standard InChI is InChI=1S/C20H19N3O3S2/c1-2-26-16-6-4-3-5-14(16)19(25)23-9-7-15-17(11-23)28-20(21-15)22-18(24)13-8-10-27-12-13/h3-6,8,10,12H,2,7,9,11H2,1H3,(H,21,22,24). The van der Waals surface area contributed by atoms with Crippen LogP contribution in [0.4, 0.5) is 5.13 Å². The normalized spacial score (nSPS) is 13.1. The molecule has 1 aliphatic heterocycles. The summed E-state index contributed by atoms with van der Waals surface area (Å²) < 4.78 is 5.60. The van der Waals surface area contributed by atoms with Crippen LogP contribution in [-0.4, -0.2) is 34.8 Å². The molecule has 2 aromatic heterocycles. The van der Waals surface area contributed by atoms with Crippen molar-refractivity contribution in [1.29, 1.82) is 0 Å².